The summed E-state index contributed by atoms with van der Waals surface area (Å²) >= 11 is 0. The minimum Gasteiger partial charge on any atom is -0.426 e. The van der Waals surface area contributed by atoms with Gasteiger partial charge in [-0.25, -0.2) is 4.98 Å². The van der Waals surface area contributed by atoms with E-state index in [1.807, 2.05) is 11.0 Å². The van der Waals surface area contributed by atoms with Gasteiger partial charge in [-0.1, -0.05) is 0 Å². The monoisotopic (exact) mass is 178 g/mol. The van der Waals surface area contributed by atoms with Gasteiger partial charge in [-0.3, -0.25) is 0 Å². The Morgan fingerprint density at radius 2 is 2.31 bits per heavy atom. The lowest BCUT2D eigenvalue weighted by atomic mass is 10.3. The van der Waals surface area contributed by atoms with Crippen molar-refractivity contribution < 1.29 is 4.42 Å². The highest BCUT2D eigenvalue weighted by molar-refractivity contribution is 5.47. The molecule has 1 aliphatic rings. The lowest BCUT2D eigenvalue weighted by molar-refractivity contribution is 0.503. The van der Waals surface area contributed by atoms with E-state index in [2.05, 4.69) is 10.3 Å². The largest absolute Gasteiger partial charge is 0.426 e. The number of nitriles is 1. The summed E-state index contributed by atoms with van der Waals surface area (Å²) in [6.07, 6.45) is 1.32. The van der Waals surface area contributed by atoms with Crippen LogP contribution in [0.1, 0.15) is 5.69 Å². The Morgan fingerprint density at radius 1 is 1.54 bits per heavy atom. The summed E-state index contributed by atoms with van der Waals surface area (Å²) in [4.78, 5) is 5.85. The summed E-state index contributed by atoms with van der Waals surface area (Å²) in [5, 5.41) is 12.0. The Labute approximate surface area is 76.0 Å². The van der Waals surface area contributed by atoms with E-state index in [9.17, 15) is 0 Å². The molecule has 2 rings (SSSR count). The van der Waals surface area contributed by atoms with Crippen LogP contribution in [0.3, 0.4) is 0 Å². The van der Waals surface area contributed by atoms with Crippen molar-refractivity contribution in [3.8, 4) is 6.07 Å². The van der Waals surface area contributed by atoms with Gasteiger partial charge in [-0.05, 0) is 0 Å². The van der Waals surface area contributed by atoms with Crippen molar-refractivity contribution in [1.82, 2.24) is 10.3 Å². The molecule has 0 saturated carbocycles. The molecule has 0 radical (unpaired) electrons. The molecule has 1 saturated heterocycles. The fraction of sp³-hybridized carbons (Fsp3) is 0.500. The highest BCUT2D eigenvalue weighted by Crippen LogP contribution is 2.18. The third kappa shape index (κ3) is 1.48. The first-order valence-electron chi connectivity index (χ1n) is 4.21. The molecular weight excluding hydrogens is 168 g/mol. The van der Waals surface area contributed by atoms with Gasteiger partial charge in [0.1, 0.15) is 6.07 Å². The predicted molar refractivity (Wildman–Crippen MR) is 46.3 cm³/mol. The lowest BCUT2D eigenvalue weighted by Gasteiger charge is -2.26. The van der Waals surface area contributed by atoms with Gasteiger partial charge in [0, 0.05) is 26.2 Å². The maximum absolute atomic E-state index is 8.72. The average Bonchev–Trinajstić information content (AvgIpc) is 2.67. The second-order valence-electron chi connectivity index (χ2n) is 2.85. The first kappa shape index (κ1) is 8.08. The molecule has 1 aromatic heterocycles. The van der Waals surface area contributed by atoms with E-state index in [1.54, 1.807) is 0 Å². The van der Waals surface area contributed by atoms with Gasteiger partial charge in [-0.2, -0.15) is 5.26 Å². The van der Waals surface area contributed by atoms with Crippen LogP contribution < -0.4 is 10.2 Å². The quantitative estimate of drug-likeness (QED) is 0.653. The van der Waals surface area contributed by atoms with Crippen molar-refractivity contribution in [2.75, 3.05) is 31.1 Å². The number of nitrogens with one attached hydrogen (secondary N) is 1. The Morgan fingerprint density at radius 3 is 3.00 bits per heavy atom. The van der Waals surface area contributed by atoms with Crippen LogP contribution in [-0.4, -0.2) is 31.2 Å². The number of anilines is 1. The molecule has 0 bridgehead atoms. The van der Waals surface area contributed by atoms with Gasteiger partial charge >= 0.3 is 0 Å². The molecule has 0 unspecified atom stereocenters. The zero-order valence-electron chi connectivity index (χ0n) is 7.16. The molecule has 5 heteroatoms. The summed E-state index contributed by atoms with van der Waals surface area (Å²) in [6, 6.07) is 2.01. The maximum Gasteiger partial charge on any atom is 0.234 e. The van der Waals surface area contributed by atoms with Gasteiger partial charge in [0.25, 0.3) is 0 Å². The van der Waals surface area contributed by atoms with Crippen LogP contribution in [0.5, 0.6) is 0 Å². The van der Waals surface area contributed by atoms with Crippen molar-refractivity contribution >= 4 is 5.88 Å². The van der Waals surface area contributed by atoms with Crippen LogP contribution in [0.4, 0.5) is 5.88 Å². The SMILES string of the molecule is N#Cc1ncoc1N1CCNCC1. The number of nitrogens with zero attached hydrogens (tertiary/aromatic N) is 3. The summed E-state index contributed by atoms with van der Waals surface area (Å²) in [6.45, 7) is 3.57. The van der Waals surface area contributed by atoms with Crippen molar-refractivity contribution in [1.29, 1.82) is 5.26 Å². The second-order valence-corrected chi connectivity index (χ2v) is 2.85. The topological polar surface area (TPSA) is 65.1 Å². The van der Waals surface area contributed by atoms with Gasteiger partial charge < -0.3 is 14.6 Å². The van der Waals surface area contributed by atoms with Crippen molar-refractivity contribution in [2.24, 2.45) is 0 Å². The summed E-state index contributed by atoms with van der Waals surface area (Å²) < 4.78 is 5.16. The molecule has 5 nitrogen and oxygen atoms in total. The molecule has 0 atom stereocenters. The Kier molecular flexibility index (Phi) is 2.15. The Balaban J connectivity index is 2.19. The minimum atomic E-state index is 0.377. The highest BCUT2D eigenvalue weighted by Gasteiger charge is 2.17. The van der Waals surface area contributed by atoms with Crippen LogP contribution in [-0.2, 0) is 0 Å². The molecule has 13 heavy (non-hydrogen) atoms. The number of oxazole rings is 1. The van der Waals surface area contributed by atoms with E-state index in [1.165, 1.54) is 6.39 Å². The van der Waals surface area contributed by atoms with Crippen molar-refractivity contribution in [3.63, 3.8) is 0 Å². The summed E-state index contributed by atoms with van der Waals surface area (Å²) in [5.41, 5.74) is 0.377. The molecular formula is C8H10N4O. The average molecular weight is 178 g/mol. The Hall–Kier alpha value is -1.54. The first-order valence-corrected chi connectivity index (χ1v) is 4.21. The third-order valence-corrected chi connectivity index (χ3v) is 2.06. The van der Waals surface area contributed by atoms with Crippen LogP contribution >= 0.6 is 0 Å². The van der Waals surface area contributed by atoms with E-state index < -0.39 is 0 Å². The maximum atomic E-state index is 8.72. The Bertz CT molecular complexity index is 321. The number of aromatic nitrogens is 1. The third-order valence-electron chi connectivity index (χ3n) is 2.06. The van der Waals surface area contributed by atoms with Gasteiger partial charge in [0.05, 0.1) is 0 Å². The first-order chi connectivity index (χ1) is 6.42. The standard InChI is InChI=1S/C8H10N4O/c9-5-7-8(13-6-11-7)12-3-1-10-2-4-12/h6,10H,1-4H2. The lowest BCUT2D eigenvalue weighted by Crippen LogP contribution is -2.43. The second kappa shape index (κ2) is 3.46. The number of rotatable bonds is 1. The number of hydrogen-bond donors (Lipinski definition) is 1. The minimum absolute atomic E-state index is 0.377. The van der Waals surface area contributed by atoms with E-state index in [4.69, 9.17) is 9.68 Å². The zero-order valence-corrected chi connectivity index (χ0v) is 7.16. The van der Waals surface area contributed by atoms with Gasteiger partial charge in [-0.15, -0.1) is 0 Å². The fourth-order valence-corrected chi connectivity index (χ4v) is 1.41. The summed E-state index contributed by atoms with van der Waals surface area (Å²) in [5.74, 6) is 0.601. The molecule has 2 heterocycles. The van der Waals surface area contributed by atoms with Gasteiger partial charge in [0.15, 0.2) is 6.39 Å². The van der Waals surface area contributed by atoms with E-state index in [-0.39, 0.29) is 0 Å². The van der Waals surface area contributed by atoms with Crippen LogP contribution in [0.15, 0.2) is 10.8 Å². The molecule has 0 aliphatic carbocycles. The molecule has 0 spiro atoms. The zero-order chi connectivity index (χ0) is 9.10. The molecule has 0 aromatic carbocycles. The van der Waals surface area contributed by atoms with Crippen molar-refractivity contribution in [3.05, 3.63) is 12.1 Å². The predicted octanol–water partition coefficient (Wildman–Crippen LogP) is -0.0441. The number of piperazine rings is 1. The fourth-order valence-electron chi connectivity index (χ4n) is 1.41. The smallest absolute Gasteiger partial charge is 0.234 e. The molecule has 1 aromatic rings. The van der Waals surface area contributed by atoms with E-state index in [0.717, 1.165) is 26.2 Å². The molecule has 1 aliphatic heterocycles. The normalized spacial score (nSPS) is 17.0. The number of hydrogen-bond acceptors (Lipinski definition) is 5. The van der Waals surface area contributed by atoms with Crippen LogP contribution in [0.2, 0.25) is 0 Å². The molecule has 68 valence electrons. The van der Waals surface area contributed by atoms with E-state index in [0.29, 0.717) is 11.6 Å². The highest BCUT2D eigenvalue weighted by atomic mass is 16.4. The summed E-state index contributed by atoms with van der Waals surface area (Å²) in [7, 11) is 0. The molecule has 1 N–H and O–H groups in total. The van der Waals surface area contributed by atoms with E-state index >= 15 is 0 Å². The van der Waals surface area contributed by atoms with Crippen molar-refractivity contribution in [2.45, 2.75) is 0 Å². The van der Waals surface area contributed by atoms with Crippen LogP contribution in [0, 0.1) is 11.3 Å². The van der Waals surface area contributed by atoms with Gasteiger partial charge in [0.2, 0.25) is 11.6 Å². The van der Waals surface area contributed by atoms with Crippen LogP contribution in [0.25, 0.3) is 0 Å². The molecule has 0 amide bonds. The molecule has 1 fully saturated rings.